The third-order valence-corrected chi connectivity index (χ3v) is 4.53. The Morgan fingerprint density at radius 1 is 0.897 bits per heavy atom. The lowest BCUT2D eigenvalue weighted by Crippen LogP contribution is -2.12. The number of ether oxygens (including phenoxy) is 2. The fraction of sp³-hybridized carbons (Fsp3) is 0.130. The molecule has 0 heterocycles. The number of benzene rings is 3. The van der Waals surface area contributed by atoms with Gasteiger partial charge in [0.25, 0.3) is 5.91 Å². The van der Waals surface area contributed by atoms with Gasteiger partial charge in [-0.25, -0.2) is 0 Å². The summed E-state index contributed by atoms with van der Waals surface area (Å²) in [5, 5.41) is 3.46. The Hall–Kier alpha value is -3.31. The summed E-state index contributed by atoms with van der Waals surface area (Å²) >= 11 is 5.89. The lowest BCUT2D eigenvalue weighted by Gasteiger charge is -2.13. The molecular weight excluding hydrogens is 390 g/mol. The molecule has 5 nitrogen and oxygen atoms in total. The van der Waals surface area contributed by atoms with E-state index in [1.807, 2.05) is 12.1 Å². The van der Waals surface area contributed by atoms with Crippen molar-refractivity contribution >= 4 is 29.0 Å². The molecular formula is C23H20ClNO4. The van der Waals surface area contributed by atoms with Crippen molar-refractivity contribution in [3.8, 4) is 11.5 Å². The molecule has 0 aliphatic heterocycles. The van der Waals surface area contributed by atoms with Crippen LogP contribution in [0.1, 0.15) is 33.2 Å². The predicted octanol–water partition coefficient (Wildman–Crippen LogP) is 5.38. The van der Waals surface area contributed by atoms with Crippen LogP contribution in [0, 0.1) is 0 Å². The Morgan fingerprint density at radius 2 is 1.55 bits per heavy atom. The van der Waals surface area contributed by atoms with E-state index in [2.05, 4.69) is 5.32 Å². The molecule has 6 heteroatoms. The van der Waals surface area contributed by atoms with Gasteiger partial charge in [0.15, 0.2) is 17.3 Å². The molecule has 0 saturated heterocycles. The van der Waals surface area contributed by atoms with Gasteiger partial charge in [0.2, 0.25) is 0 Å². The first-order valence-corrected chi connectivity index (χ1v) is 9.31. The summed E-state index contributed by atoms with van der Waals surface area (Å²) in [6.45, 7) is 1.85. The van der Waals surface area contributed by atoms with Crippen molar-refractivity contribution in [2.75, 3.05) is 12.4 Å². The van der Waals surface area contributed by atoms with Crippen molar-refractivity contribution in [1.29, 1.82) is 0 Å². The van der Waals surface area contributed by atoms with Crippen molar-refractivity contribution in [2.24, 2.45) is 0 Å². The first kappa shape index (κ1) is 20.4. The number of carbonyl (C=O) groups excluding carboxylic acids is 2. The second kappa shape index (κ2) is 9.26. The van der Waals surface area contributed by atoms with E-state index < -0.39 is 0 Å². The van der Waals surface area contributed by atoms with Crippen LogP contribution in [0.3, 0.4) is 0 Å². The minimum absolute atomic E-state index is 0.0261. The first-order chi connectivity index (χ1) is 14.0. The largest absolute Gasteiger partial charge is 0.493 e. The van der Waals surface area contributed by atoms with E-state index in [9.17, 15) is 9.59 Å². The Balaban J connectivity index is 1.69. The summed E-state index contributed by atoms with van der Waals surface area (Å²) in [5.74, 6) is 0.674. The van der Waals surface area contributed by atoms with Crippen LogP contribution in [0.15, 0.2) is 66.7 Å². The zero-order valence-corrected chi connectivity index (χ0v) is 16.8. The monoisotopic (exact) mass is 409 g/mol. The number of halogens is 1. The fourth-order valence-corrected chi connectivity index (χ4v) is 2.79. The van der Waals surface area contributed by atoms with Gasteiger partial charge in [-0.15, -0.1) is 0 Å². The lowest BCUT2D eigenvalue weighted by molar-refractivity contribution is 0.101. The van der Waals surface area contributed by atoms with Crippen LogP contribution in [0.4, 0.5) is 5.69 Å². The minimum atomic E-state index is -0.289. The topological polar surface area (TPSA) is 64.6 Å². The van der Waals surface area contributed by atoms with Crippen LogP contribution in [0.2, 0.25) is 5.02 Å². The molecule has 0 atom stereocenters. The Bertz CT molecular complexity index is 1010. The van der Waals surface area contributed by atoms with Gasteiger partial charge in [0.05, 0.1) is 7.11 Å². The quantitative estimate of drug-likeness (QED) is 0.532. The molecule has 0 aliphatic rings. The number of methoxy groups -OCH3 is 1. The predicted molar refractivity (Wildman–Crippen MR) is 113 cm³/mol. The van der Waals surface area contributed by atoms with Gasteiger partial charge in [0, 0.05) is 21.8 Å². The Morgan fingerprint density at radius 3 is 2.17 bits per heavy atom. The van der Waals surface area contributed by atoms with Crippen LogP contribution in [0.25, 0.3) is 0 Å². The molecule has 0 bridgehead atoms. The molecule has 1 amide bonds. The zero-order chi connectivity index (χ0) is 20.8. The number of hydrogen-bond donors (Lipinski definition) is 1. The molecule has 0 aliphatic carbocycles. The van der Waals surface area contributed by atoms with Crippen LogP contribution in [-0.4, -0.2) is 18.8 Å². The van der Waals surface area contributed by atoms with Crippen LogP contribution in [0.5, 0.6) is 11.5 Å². The molecule has 0 fully saturated rings. The summed E-state index contributed by atoms with van der Waals surface area (Å²) in [6.07, 6.45) is 0. The van der Waals surface area contributed by atoms with Crippen LogP contribution >= 0.6 is 11.6 Å². The Labute approximate surface area is 174 Å². The summed E-state index contributed by atoms with van der Waals surface area (Å²) in [4.78, 5) is 23.9. The maximum Gasteiger partial charge on any atom is 0.255 e. The highest BCUT2D eigenvalue weighted by Crippen LogP contribution is 2.29. The summed E-state index contributed by atoms with van der Waals surface area (Å²) in [6, 6.07) is 19.1. The first-order valence-electron chi connectivity index (χ1n) is 8.94. The van der Waals surface area contributed by atoms with Crippen molar-refractivity contribution in [1.82, 2.24) is 0 Å². The maximum atomic E-state index is 12.5. The number of Topliss-reactive ketones (excluding diaryl/α,β-unsaturated/α-hetero) is 1. The highest BCUT2D eigenvalue weighted by molar-refractivity contribution is 6.30. The van der Waals surface area contributed by atoms with E-state index in [0.717, 1.165) is 5.56 Å². The van der Waals surface area contributed by atoms with Gasteiger partial charge in [0.1, 0.15) is 6.61 Å². The van der Waals surface area contributed by atoms with Crippen molar-refractivity contribution in [3.05, 3.63) is 88.4 Å². The van der Waals surface area contributed by atoms with Crippen molar-refractivity contribution in [2.45, 2.75) is 13.5 Å². The third kappa shape index (κ3) is 5.36. The number of nitrogens with one attached hydrogen (secondary N) is 1. The number of hydrogen-bond acceptors (Lipinski definition) is 4. The molecule has 29 heavy (non-hydrogen) atoms. The standard InChI is InChI=1S/C23H20ClNO4/c1-15(26)17-5-10-20(11-6-17)25-23(27)18-7-12-21(22(13-18)28-2)29-14-16-3-8-19(24)9-4-16/h3-13H,14H2,1-2H3,(H,25,27). The van der Waals surface area contributed by atoms with Crippen LogP contribution < -0.4 is 14.8 Å². The molecule has 3 aromatic rings. The fourth-order valence-electron chi connectivity index (χ4n) is 2.66. The second-order valence-electron chi connectivity index (χ2n) is 6.37. The summed E-state index contributed by atoms with van der Waals surface area (Å²) in [5.41, 5.74) is 2.58. The Kier molecular flexibility index (Phi) is 6.52. The number of rotatable bonds is 7. The van der Waals surface area contributed by atoms with Gasteiger partial charge in [-0.05, 0) is 67.1 Å². The number of ketones is 1. The average Bonchev–Trinajstić information content (AvgIpc) is 2.73. The molecule has 0 saturated carbocycles. The molecule has 0 spiro atoms. The van der Waals surface area contributed by atoms with Gasteiger partial charge >= 0.3 is 0 Å². The highest BCUT2D eigenvalue weighted by Gasteiger charge is 2.12. The third-order valence-electron chi connectivity index (χ3n) is 4.28. The van der Waals surface area contributed by atoms with E-state index in [4.69, 9.17) is 21.1 Å². The van der Waals surface area contributed by atoms with Gasteiger partial charge in [-0.2, -0.15) is 0 Å². The van der Waals surface area contributed by atoms with Gasteiger partial charge < -0.3 is 14.8 Å². The smallest absolute Gasteiger partial charge is 0.255 e. The maximum absolute atomic E-state index is 12.5. The second-order valence-corrected chi connectivity index (χ2v) is 6.80. The molecule has 148 valence electrons. The number of anilines is 1. The minimum Gasteiger partial charge on any atom is -0.493 e. The van der Waals surface area contributed by atoms with E-state index in [-0.39, 0.29) is 11.7 Å². The molecule has 0 radical (unpaired) electrons. The van der Waals surface area contributed by atoms with E-state index >= 15 is 0 Å². The SMILES string of the molecule is COc1cc(C(=O)Nc2ccc(C(C)=O)cc2)ccc1OCc1ccc(Cl)cc1. The highest BCUT2D eigenvalue weighted by atomic mass is 35.5. The van der Waals surface area contributed by atoms with Crippen LogP contribution in [-0.2, 0) is 6.61 Å². The number of amides is 1. The zero-order valence-electron chi connectivity index (χ0n) is 16.1. The lowest BCUT2D eigenvalue weighted by atomic mass is 10.1. The van der Waals surface area contributed by atoms with Gasteiger partial charge in [-0.1, -0.05) is 23.7 Å². The average molecular weight is 410 g/mol. The molecule has 0 unspecified atom stereocenters. The van der Waals surface area contributed by atoms with E-state index in [1.54, 1.807) is 54.6 Å². The summed E-state index contributed by atoms with van der Waals surface area (Å²) < 4.78 is 11.2. The molecule has 3 aromatic carbocycles. The normalized spacial score (nSPS) is 10.3. The van der Waals surface area contributed by atoms with Crippen molar-refractivity contribution in [3.63, 3.8) is 0 Å². The van der Waals surface area contributed by atoms with E-state index in [0.29, 0.717) is 39.9 Å². The molecule has 1 N–H and O–H groups in total. The molecule has 0 aromatic heterocycles. The molecule has 3 rings (SSSR count). The van der Waals surface area contributed by atoms with E-state index in [1.165, 1.54) is 14.0 Å². The van der Waals surface area contributed by atoms with Crippen molar-refractivity contribution < 1.29 is 19.1 Å². The summed E-state index contributed by atoms with van der Waals surface area (Å²) in [7, 11) is 1.52. The number of carbonyl (C=O) groups is 2. The van der Waals surface area contributed by atoms with Gasteiger partial charge in [-0.3, -0.25) is 9.59 Å².